The smallest absolute Gasteiger partial charge is 0.295 e. The predicted molar refractivity (Wildman–Crippen MR) is 90.8 cm³/mol. The largest absolute Gasteiger partial charge is 0.341 e. The lowest BCUT2D eigenvalue weighted by atomic mass is 9.92. The fraction of sp³-hybridized carbons (Fsp3) is 0.0500. The highest BCUT2D eigenvalue weighted by Gasteiger charge is 2.10. The molecule has 4 aromatic carbocycles. The minimum absolute atomic E-state index is 0.384. The highest BCUT2D eigenvalue weighted by molar-refractivity contribution is 6.23. The maximum atomic E-state index is 11.3. The van der Waals surface area contributed by atoms with Crippen molar-refractivity contribution < 1.29 is 4.79 Å². The molecule has 0 aliphatic carbocycles. The molecule has 0 fully saturated rings. The normalized spacial score (nSPS) is 11.0. The van der Waals surface area contributed by atoms with Gasteiger partial charge >= 0.3 is 0 Å². The Morgan fingerprint density at radius 2 is 1.55 bits per heavy atom. The van der Waals surface area contributed by atoms with Crippen LogP contribution in [-0.4, -0.2) is 5.91 Å². The Kier molecular flexibility index (Phi) is 2.74. The van der Waals surface area contributed by atoms with Gasteiger partial charge in [0.2, 0.25) is 0 Å². The number of benzene rings is 4. The molecular weight excluding hydrogens is 270 g/mol. The Morgan fingerprint density at radius 3 is 2.27 bits per heavy atom. The van der Waals surface area contributed by atoms with Crippen molar-refractivity contribution in [2.24, 2.45) is 0 Å². The van der Waals surface area contributed by atoms with Crippen molar-refractivity contribution in [3.8, 4) is 12.3 Å². The molecule has 2 nitrogen and oxygen atoms in total. The lowest BCUT2D eigenvalue weighted by molar-refractivity contribution is -0.115. The third kappa shape index (κ3) is 1.80. The van der Waals surface area contributed by atoms with Gasteiger partial charge in [-0.05, 0) is 43.8 Å². The molecule has 0 atom stereocenters. The van der Waals surface area contributed by atoms with Crippen LogP contribution < -0.4 is 5.32 Å². The van der Waals surface area contributed by atoms with Crippen LogP contribution in [0, 0.1) is 12.3 Å². The lowest BCUT2D eigenvalue weighted by Crippen LogP contribution is -2.20. The molecule has 22 heavy (non-hydrogen) atoms. The first-order valence-electron chi connectivity index (χ1n) is 7.18. The molecule has 0 bridgehead atoms. The van der Waals surface area contributed by atoms with Crippen LogP contribution in [-0.2, 0) is 11.3 Å². The van der Waals surface area contributed by atoms with Gasteiger partial charge in [0.25, 0.3) is 5.91 Å². The van der Waals surface area contributed by atoms with E-state index in [1.807, 2.05) is 0 Å². The summed E-state index contributed by atoms with van der Waals surface area (Å²) in [5.41, 5.74) is 1.08. The van der Waals surface area contributed by atoms with Gasteiger partial charge in [0.05, 0.1) is 0 Å². The summed E-state index contributed by atoms with van der Waals surface area (Å²) in [5, 5.41) is 10.1. The summed E-state index contributed by atoms with van der Waals surface area (Å²) in [5.74, 6) is 1.70. The average Bonchev–Trinajstić information content (AvgIpc) is 2.58. The van der Waals surface area contributed by atoms with Gasteiger partial charge in [0, 0.05) is 6.54 Å². The van der Waals surface area contributed by atoms with Gasteiger partial charge in [0.15, 0.2) is 0 Å². The number of nitrogens with one attached hydrogen (secondary N) is 1. The van der Waals surface area contributed by atoms with E-state index in [1.165, 1.54) is 32.3 Å². The van der Waals surface area contributed by atoms with Gasteiger partial charge in [-0.1, -0.05) is 54.6 Å². The van der Waals surface area contributed by atoms with Crippen LogP contribution in [0.3, 0.4) is 0 Å². The molecule has 0 radical (unpaired) electrons. The second kappa shape index (κ2) is 4.75. The molecule has 0 saturated carbocycles. The molecule has 1 N–H and O–H groups in total. The molecule has 0 aliphatic rings. The molecular formula is C20H13NO. The Balaban J connectivity index is 2.00. The van der Waals surface area contributed by atoms with Gasteiger partial charge < -0.3 is 5.32 Å². The van der Waals surface area contributed by atoms with Crippen molar-refractivity contribution >= 4 is 38.2 Å². The topological polar surface area (TPSA) is 29.1 Å². The fourth-order valence-electron chi connectivity index (χ4n) is 3.18. The molecule has 0 heterocycles. The number of hydrogen-bond donors (Lipinski definition) is 1. The third-order valence-electron chi connectivity index (χ3n) is 4.19. The maximum absolute atomic E-state index is 11.3. The van der Waals surface area contributed by atoms with E-state index in [1.54, 1.807) is 0 Å². The van der Waals surface area contributed by atoms with E-state index in [2.05, 4.69) is 65.8 Å². The summed E-state index contributed by atoms with van der Waals surface area (Å²) in [6.07, 6.45) is 5.11. The molecule has 0 saturated heterocycles. The minimum atomic E-state index is -0.384. The second-order valence-electron chi connectivity index (χ2n) is 5.41. The molecule has 0 spiro atoms. The van der Waals surface area contributed by atoms with Gasteiger partial charge in [-0.3, -0.25) is 4.79 Å². The average molecular weight is 283 g/mol. The predicted octanol–water partition coefficient (Wildman–Crippen LogP) is 3.83. The highest BCUT2D eigenvalue weighted by Crippen LogP contribution is 2.35. The van der Waals surface area contributed by atoms with Crippen LogP contribution in [0.5, 0.6) is 0 Å². The van der Waals surface area contributed by atoms with Gasteiger partial charge in [-0.25, -0.2) is 0 Å². The number of terminal acetylenes is 1. The summed E-state index contributed by atoms with van der Waals surface area (Å²) in [6.45, 7) is 0.442. The SMILES string of the molecule is C#CC(=O)NCc1ccc2ccc3cccc4ccc1c2c34. The Labute approximate surface area is 128 Å². The van der Waals surface area contributed by atoms with E-state index < -0.39 is 0 Å². The van der Waals surface area contributed by atoms with E-state index in [-0.39, 0.29) is 5.91 Å². The monoisotopic (exact) mass is 283 g/mol. The first-order valence-corrected chi connectivity index (χ1v) is 7.18. The van der Waals surface area contributed by atoms with E-state index in [4.69, 9.17) is 6.42 Å². The van der Waals surface area contributed by atoms with Crippen LogP contribution in [0.4, 0.5) is 0 Å². The highest BCUT2D eigenvalue weighted by atomic mass is 16.1. The van der Waals surface area contributed by atoms with E-state index in [0.29, 0.717) is 6.54 Å². The van der Waals surface area contributed by atoms with Gasteiger partial charge in [-0.15, -0.1) is 6.42 Å². The summed E-state index contributed by atoms with van der Waals surface area (Å²) >= 11 is 0. The van der Waals surface area contributed by atoms with Crippen LogP contribution in [0.2, 0.25) is 0 Å². The minimum Gasteiger partial charge on any atom is -0.341 e. The van der Waals surface area contributed by atoms with Crippen molar-refractivity contribution in [2.75, 3.05) is 0 Å². The lowest BCUT2D eigenvalue weighted by Gasteiger charge is -2.13. The van der Waals surface area contributed by atoms with Crippen molar-refractivity contribution in [3.63, 3.8) is 0 Å². The number of hydrogen-bond acceptors (Lipinski definition) is 1. The van der Waals surface area contributed by atoms with Crippen molar-refractivity contribution in [1.29, 1.82) is 0 Å². The number of amides is 1. The van der Waals surface area contributed by atoms with Crippen LogP contribution in [0.15, 0.2) is 54.6 Å². The molecule has 0 aliphatic heterocycles. The number of carbonyl (C=O) groups is 1. The molecule has 0 unspecified atom stereocenters. The zero-order chi connectivity index (χ0) is 15.1. The van der Waals surface area contributed by atoms with Crippen LogP contribution >= 0.6 is 0 Å². The first kappa shape index (κ1) is 12.7. The Hall–Kier alpha value is -3.05. The zero-order valence-corrected chi connectivity index (χ0v) is 11.9. The van der Waals surface area contributed by atoms with Crippen molar-refractivity contribution in [1.82, 2.24) is 5.32 Å². The summed E-state index contributed by atoms with van der Waals surface area (Å²) < 4.78 is 0. The molecule has 104 valence electrons. The molecule has 4 aromatic rings. The quantitative estimate of drug-likeness (QED) is 0.439. The molecule has 2 heteroatoms. The van der Waals surface area contributed by atoms with E-state index >= 15 is 0 Å². The summed E-state index contributed by atoms with van der Waals surface area (Å²) in [4.78, 5) is 11.3. The standard InChI is InChI=1S/C20H13NO/c1-2-18(22)21-12-16-9-8-15-7-6-13-4-3-5-14-10-11-17(16)20(15)19(13)14/h1,3-11H,12H2,(H,21,22). The number of rotatable bonds is 2. The van der Waals surface area contributed by atoms with E-state index in [9.17, 15) is 4.79 Å². The van der Waals surface area contributed by atoms with E-state index in [0.717, 1.165) is 5.56 Å². The summed E-state index contributed by atoms with van der Waals surface area (Å²) in [6, 6.07) is 19.1. The molecule has 0 aromatic heterocycles. The van der Waals surface area contributed by atoms with Crippen LogP contribution in [0.1, 0.15) is 5.56 Å². The van der Waals surface area contributed by atoms with Crippen molar-refractivity contribution in [3.05, 3.63) is 60.2 Å². The summed E-state index contributed by atoms with van der Waals surface area (Å²) in [7, 11) is 0. The zero-order valence-electron chi connectivity index (χ0n) is 11.9. The van der Waals surface area contributed by atoms with Crippen LogP contribution in [0.25, 0.3) is 32.3 Å². The number of carbonyl (C=O) groups excluding carboxylic acids is 1. The first-order chi connectivity index (χ1) is 10.8. The molecule has 1 amide bonds. The third-order valence-corrected chi connectivity index (χ3v) is 4.19. The fourth-order valence-corrected chi connectivity index (χ4v) is 3.18. The second-order valence-corrected chi connectivity index (χ2v) is 5.41. The maximum Gasteiger partial charge on any atom is 0.295 e. The van der Waals surface area contributed by atoms with Gasteiger partial charge in [-0.2, -0.15) is 0 Å². The van der Waals surface area contributed by atoms with Gasteiger partial charge in [0.1, 0.15) is 0 Å². The Bertz CT molecular complexity index is 1040. The Morgan fingerprint density at radius 1 is 0.909 bits per heavy atom. The molecule has 4 rings (SSSR count). The van der Waals surface area contributed by atoms with Crippen molar-refractivity contribution in [2.45, 2.75) is 6.54 Å².